The Balaban J connectivity index is 2.10. The van der Waals surface area contributed by atoms with Crippen molar-refractivity contribution < 1.29 is 19.4 Å². The van der Waals surface area contributed by atoms with E-state index in [1.54, 1.807) is 12.3 Å². The number of nitrogens with zero attached hydrogens (tertiary/aromatic N) is 2. The average molecular weight is 276 g/mol. The topological polar surface area (TPSA) is 73.6 Å². The van der Waals surface area contributed by atoms with Crippen molar-refractivity contribution in [3.05, 3.63) is 41.7 Å². The van der Waals surface area contributed by atoms with Crippen LogP contribution in [0.1, 0.15) is 22.8 Å². The van der Waals surface area contributed by atoms with Crippen LogP contribution in [0.5, 0.6) is 11.5 Å². The van der Waals surface area contributed by atoms with Crippen LogP contribution in [0.15, 0.2) is 30.6 Å². The highest BCUT2D eigenvalue weighted by Gasteiger charge is 2.10. The van der Waals surface area contributed by atoms with Crippen molar-refractivity contribution in [2.75, 3.05) is 7.11 Å². The number of hydrogen-bond acceptors (Lipinski definition) is 4. The molecule has 1 N–H and O–H groups in total. The molecule has 0 fully saturated rings. The molecule has 0 bridgehead atoms. The summed E-state index contributed by atoms with van der Waals surface area (Å²) in [6.07, 6.45) is 3.64. The van der Waals surface area contributed by atoms with E-state index >= 15 is 0 Å². The number of benzene rings is 1. The zero-order chi connectivity index (χ0) is 14.5. The van der Waals surface area contributed by atoms with Gasteiger partial charge in [0.05, 0.1) is 18.9 Å². The van der Waals surface area contributed by atoms with Crippen molar-refractivity contribution in [1.29, 1.82) is 0 Å². The Morgan fingerprint density at radius 3 is 2.80 bits per heavy atom. The third kappa shape index (κ3) is 3.09. The minimum Gasteiger partial charge on any atom is -0.493 e. The summed E-state index contributed by atoms with van der Waals surface area (Å²) < 4.78 is 12.6. The zero-order valence-corrected chi connectivity index (χ0v) is 11.4. The van der Waals surface area contributed by atoms with Crippen LogP contribution >= 0.6 is 0 Å². The number of methoxy groups -OCH3 is 1. The Morgan fingerprint density at radius 1 is 1.40 bits per heavy atom. The molecule has 1 aromatic heterocycles. The van der Waals surface area contributed by atoms with Gasteiger partial charge in [-0.2, -0.15) is 5.10 Å². The Labute approximate surface area is 116 Å². The van der Waals surface area contributed by atoms with Gasteiger partial charge < -0.3 is 14.6 Å². The van der Waals surface area contributed by atoms with Gasteiger partial charge in [-0.3, -0.25) is 4.68 Å². The molecule has 106 valence electrons. The second kappa shape index (κ2) is 6.10. The molecule has 0 saturated heterocycles. The maximum atomic E-state index is 10.9. The van der Waals surface area contributed by atoms with Crippen LogP contribution in [0.25, 0.3) is 0 Å². The molecule has 0 aliphatic carbocycles. The quantitative estimate of drug-likeness (QED) is 0.875. The maximum absolute atomic E-state index is 10.9. The van der Waals surface area contributed by atoms with E-state index in [0.717, 1.165) is 12.1 Å². The molecule has 2 rings (SSSR count). The van der Waals surface area contributed by atoms with Gasteiger partial charge in [0.15, 0.2) is 11.5 Å². The number of hydrogen-bond donors (Lipinski definition) is 1. The van der Waals surface area contributed by atoms with Crippen molar-refractivity contribution in [2.24, 2.45) is 0 Å². The Morgan fingerprint density at radius 2 is 2.20 bits per heavy atom. The molecule has 0 atom stereocenters. The normalized spacial score (nSPS) is 10.3. The number of carboxylic acids is 1. The van der Waals surface area contributed by atoms with Crippen LogP contribution in [-0.2, 0) is 13.2 Å². The standard InChI is InChI=1S/C14H16N2O4/c1-3-16-8-10(7-15-16)9-20-12-5-4-11(14(17)18)6-13(12)19-2/h4-8H,3,9H2,1-2H3,(H,17,18). The predicted molar refractivity (Wildman–Crippen MR) is 72.2 cm³/mol. The summed E-state index contributed by atoms with van der Waals surface area (Å²) in [6.45, 7) is 3.16. The van der Waals surface area contributed by atoms with Gasteiger partial charge in [0.25, 0.3) is 0 Å². The lowest BCUT2D eigenvalue weighted by molar-refractivity contribution is 0.0696. The third-order valence-electron chi connectivity index (χ3n) is 2.82. The number of ether oxygens (including phenoxy) is 2. The maximum Gasteiger partial charge on any atom is 0.335 e. The van der Waals surface area contributed by atoms with Crippen LogP contribution in [0.2, 0.25) is 0 Å². The Kier molecular flexibility index (Phi) is 4.24. The van der Waals surface area contributed by atoms with E-state index in [9.17, 15) is 4.79 Å². The SMILES string of the molecule is CCn1cc(COc2ccc(C(=O)O)cc2OC)cn1. The first-order valence-corrected chi connectivity index (χ1v) is 6.19. The number of rotatable bonds is 6. The average Bonchev–Trinajstić information content (AvgIpc) is 2.92. The van der Waals surface area contributed by atoms with E-state index in [1.807, 2.05) is 17.8 Å². The van der Waals surface area contributed by atoms with E-state index in [-0.39, 0.29) is 5.56 Å². The Hall–Kier alpha value is -2.50. The molecule has 0 aliphatic heterocycles. The van der Waals surface area contributed by atoms with Crippen molar-refractivity contribution in [3.8, 4) is 11.5 Å². The molecule has 0 radical (unpaired) electrons. The van der Waals surface area contributed by atoms with E-state index in [4.69, 9.17) is 14.6 Å². The fraction of sp³-hybridized carbons (Fsp3) is 0.286. The summed E-state index contributed by atoms with van der Waals surface area (Å²) in [6, 6.07) is 4.51. The largest absolute Gasteiger partial charge is 0.493 e. The molecule has 0 saturated carbocycles. The van der Waals surface area contributed by atoms with Gasteiger partial charge >= 0.3 is 5.97 Å². The van der Waals surface area contributed by atoms with Crippen molar-refractivity contribution >= 4 is 5.97 Å². The molecular weight excluding hydrogens is 260 g/mol. The minimum absolute atomic E-state index is 0.160. The van der Waals surface area contributed by atoms with Gasteiger partial charge in [-0.05, 0) is 25.1 Å². The minimum atomic E-state index is -1.00. The second-order valence-corrected chi connectivity index (χ2v) is 4.16. The third-order valence-corrected chi connectivity index (χ3v) is 2.82. The van der Waals surface area contributed by atoms with E-state index in [1.165, 1.54) is 19.2 Å². The summed E-state index contributed by atoms with van der Waals surface area (Å²) in [7, 11) is 1.48. The molecule has 0 amide bonds. The summed E-state index contributed by atoms with van der Waals surface area (Å²) in [5.41, 5.74) is 1.10. The summed E-state index contributed by atoms with van der Waals surface area (Å²) in [5, 5.41) is 13.1. The monoisotopic (exact) mass is 276 g/mol. The van der Waals surface area contributed by atoms with Gasteiger partial charge in [-0.25, -0.2) is 4.79 Å². The molecule has 2 aromatic rings. The van der Waals surface area contributed by atoms with Crippen molar-refractivity contribution in [3.63, 3.8) is 0 Å². The number of aromatic carboxylic acids is 1. The van der Waals surface area contributed by atoms with E-state index < -0.39 is 5.97 Å². The van der Waals surface area contributed by atoms with Crippen LogP contribution in [0.4, 0.5) is 0 Å². The summed E-state index contributed by atoms with van der Waals surface area (Å²) in [5.74, 6) is -0.103. The zero-order valence-electron chi connectivity index (χ0n) is 11.4. The fourth-order valence-electron chi connectivity index (χ4n) is 1.73. The summed E-state index contributed by atoms with van der Waals surface area (Å²) >= 11 is 0. The van der Waals surface area contributed by atoms with Gasteiger partial charge in [0, 0.05) is 18.3 Å². The lowest BCUT2D eigenvalue weighted by Gasteiger charge is -2.10. The molecule has 6 nitrogen and oxygen atoms in total. The predicted octanol–water partition coefficient (Wildman–Crippen LogP) is 2.19. The van der Waals surface area contributed by atoms with Crippen molar-refractivity contribution in [1.82, 2.24) is 9.78 Å². The fourth-order valence-corrected chi connectivity index (χ4v) is 1.73. The molecule has 0 aliphatic rings. The first kappa shape index (κ1) is 13.9. The highest BCUT2D eigenvalue weighted by atomic mass is 16.5. The number of carboxylic acid groups (broad SMARTS) is 1. The number of aromatic nitrogens is 2. The van der Waals surface area contributed by atoms with Crippen molar-refractivity contribution in [2.45, 2.75) is 20.1 Å². The first-order valence-electron chi connectivity index (χ1n) is 6.19. The Bertz CT molecular complexity index is 607. The summed E-state index contributed by atoms with van der Waals surface area (Å²) in [4.78, 5) is 10.9. The van der Waals surface area contributed by atoms with Gasteiger partial charge in [-0.15, -0.1) is 0 Å². The molecular formula is C14H16N2O4. The number of aryl methyl sites for hydroxylation is 1. The lowest BCUT2D eigenvalue weighted by atomic mass is 10.2. The van der Waals surface area contributed by atoms with Crippen LogP contribution in [0, 0.1) is 0 Å². The lowest BCUT2D eigenvalue weighted by Crippen LogP contribution is -2.00. The highest BCUT2D eigenvalue weighted by molar-refractivity contribution is 5.88. The molecule has 20 heavy (non-hydrogen) atoms. The van der Waals surface area contributed by atoms with E-state index in [2.05, 4.69) is 5.10 Å². The van der Waals surface area contributed by atoms with Crippen LogP contribution in [0.3, 0.4) is 0 Å². The van der Waals surface area contributed by atoms with Gasteiger partial charge in [-0.1, -0.05) is 0 Å². The first-order chi connectivity index (χ1) is 9.63. The van der Waals surface area contributed by atoms with Gasteiger partial charge in [0.1, 0.15) is 6.61 Å². The second-order valence-electron chi connectivity index (χ2n) is 4.16. The number of carbonyl (C=O) groups is 1. The molecule has 0 spiro atoms. The highest BCUT2D eigenvalue weighted by Crippen LogP contribution is 2.28. The molecule has 0 unspecified atom stereocenters. The smallest absolute Gasteiger partial charge is 0.335 e. The molecule has 1 aromatic carbocycles. The van der Waals surface area contributed by atoms with Crippen LogP contribution in [-0.4, -0.2) is 28.0 Å². The van der Waals surface area contributed by atoms with E-state index in [0.29, 0.717) is 18.1 Å². The molecule has 6 heteroatoms. The van der Waals surface area contributed by atoms with Crippen LogP contribution < -0.4 is 9.47 Å². The van der Waals surface area contributed by atoms with Gasteiger partial charge in [0.2, 0.25) is 0 Å². The molecule has 1 heterocycles.